The van der Waals surface area contributed by atoms with Crippen LogP contribution in [0.5, 0.6) is 0 Å². The molecule has 0 fully saturated rings. The highest BCUT2D eigenvalue weighted by Crippen LogP contribution is 2.38. The molecular formula is C30H24N4O4S. The number of aliphatic imine (C=N–C) groups is 1. The molecule has 1 unspecified atom stereocenters. The number of rotatable bonds is 6. The lowest BCUT2D eigenvalue weighted by Gasteiger charge is -2.17. The number of ether oxygens (including phenoxy) is 1. The van der Waals surface area contributed by atoms with Crippen LogP contribution < -0.4 is 10.2 Å². The number of fused-ring (bicyclic) bond motifs is 2. The molecule has 8 nitrogen and oxygen atoms in total. The standard InChI is InChI=1S/C30H24N4O4S/c1-38-30(37)20-7-9-23-24(14-20)33-29(36)27(23)28(18-5-3-2-4-6-18)32-21-8-10-25-19(13-21)11-12-34(25)26(35)15-22-16-31-17-39-22/h2-10,13-14,16-17,27H,11-12,15H2,1H3,(H,33,36). The molecule has 1 atom stereocenters. The van der Waals surface area contributed by atoms with Gasteiger partial charge in [0.15, 0.2) is 0 Å². The van der Waals surface area contributed by atoms with E-state index in [2.05, 4.69) is 10.3 Å². The van der Waals surface area contributed by atoms with Gasteiger partial charge in [0.25, 0.3) is 0 Å². The summed E-state index contributed by atoms with van der Waals surface area (Å²) in [6.45, 7) is 0.618. The first-order chi connectivity index (χ1) is 19.0. The fourth-order valence-corrected chi connectivity index (χ4v) is 5.70. The van der Waals surface area contributed by atoms with Gasteiger partial charge in [-0.2, -0.15) is 0 Å². The van der Waals surface area contributed by atoms with E-state index < -0.39 is 11.9 Å². The first kappa shape index (κ1) is 24.7. The molecule has 3 aromatic carbocycles. The van der Waals surface area contributed by atoms with Crippen LogP contribution in [0.15, 0.2) is 83.4 Å². The maximum Gasteiger partial charge on any atom is 0.337 e. The Bertz CT molecular complexity index is 1620. The smallest absolute Gasteiger partial charge is 0.337 e. The molecule has 0 saturated heterocycles. The molecule has 9 heteroatoms. The van der Waals surface area contributed by atoms with Crippen molar-refractivity contribution in [3.05, 3.63) is 106 Å². The Kier molecular flexibility index (Phi) is 6.50. The Labute approximate surface area is 229 Å². The van der Waals surface area contributed by atoms with Crippen LogP contribution in [0.25, 0.3) is 0 Å². The van der Waals surface area contributed by atoms with Crippen molar-refractivity contribution in [2.75, 3.05) is 23.9 Å². The van der Waals surface area contributed by atoms with Crippen LogP contribution in [0.4, 0.5) is 17.1 Å². The highest BCUT2D eigenvalue weighted by atomic mass is 32.1. The third kappa shape index (κ3) is 4.72. The molecule has 0 bridgehead atoms. The van der Waals surface area contributed by atoms with Crippen molar-refractivity contribution in [2.24, 2.45) is 4.99 Å². The van der Waals surface area contributed by atoms with Gasteiger partial charge in [0.05, 0.1) is 36.0 Å². The number of benzene rings is 3. The van der Waals surface area contributed by atoms with Crippen LogP contribution in [-0.2, 0) is 27.2 Å². The number of aromatic nitrogens is 1. The number of methoxy groups -OCH3 is 1. The number of nitrogens with zero attached hydrogens (tertiary/aromatic N) is 3. The number of nitrogens with one attached hydrogen (secondary N) is 1. The molecule has 0 saturated carbocycles. The minimum Gasteiger partial charge on any atom is -0.465 e. The topological polar surface area (TPSA) is 101 Å². The first-order valence-electron chi connectivity index (χ1n) is 12.5. The van der Waals surface area contributed by atoms with E-state index >= 15 is 0 Å². The summed E-state index contributed by atoms with van der Waals surface area (Å²) in [5, 5.41) is 2.91. The van der Waals surface area contributed by atoms with Gasteiger partial charge in [-0.1, -0.05) is 36.4 Å². The maximum absolute atomic E-state index is 13.3. The molecule has 0 aliphatic carbocycles. The Morgan fingerprint density at radius 2 is 1.95 bits per heavy atom. The molecular weight excluding hydrogens is 512 g/mol. The van der Waals surface area contributed by atoms with Gasteiger partial charge in [-0.05, 0) is 53.4 Å². The molecule has 39 heavy (non-hydrogen) atoms. The summed E-state index contributed by atoms with van der Waals surface area (Å²) in [7, 11) is 1.32. The van der Waals surface area contributed by atoms with Crippen LogP contribution in [0.3, 0.4) is 0 Å². The molecule has 2 amide bonds. The zero-order valence-corrected chi connectivity index (χ0v) is 21.9. The van der Waals surface area contributed by atoms with Crippen molar-refractivity contribution in [2.45, 2.75) is 18.8 Å². The zero-order chi connectivity index (χ0) is 26.9. The second-order valence-corrected chi connectivity index (χ2v) is 10.3. The number of thiazole rings is 1. The lowest BCUT2D eigenvalue weighted by molar-refractivity contribution is -0.118. The van der Waals surface area contributed by atoms with E-state index in [0.717, 1.165) is 33.7 Å². The fraction of sp³-hybridized carbons (Fsp3) is 0.167. The summed E-state index contributed by atoms with van der Waals surface area (Å²) in [5.74, 6) is -1.29. The highest BCUT2D eigenvalue weighted by molar-refractivity contribution is 7.09. The number of carbonyl (C=O) groups excluding carboxylic acids is 3. The second-order valence-electron chi connectivity index (χ2n) is 9.33. The average molecular weight is 537 g/mol. The summed E-state index contributed by atoms with van der Waals surface area (Å²) in [6.07, 6.45) is 2.79. The van der Waals surface area contributed by atoms with Crippen molar-refractivity contribution in [3.8, 4) is 0 Å². The van der Waals surface area contributed by atoms with Crippen LogP contribution in [-0.4, -0.2) is 42.1 Å². The van der Waals surface area contributed by atoms with E-state index in [1.807, 2.05) is 53.4 Å². The van der Waals surface area contributed by atoms with Crippen molar-refractivity contribution >= 4 is 51.9 Å². The monoisotopic (exact) mass is 536 g/mol. The van der Waals surface area contributed by atoms with Gasteiger partial charge >= 0.3 is 5.97 Å². The number of hydrogen-bond donors (Lipinski definition) is 1. The number of esters is 1. The Hall–Kier alpha value is -4.63. The van der Waals surface area contributed by atoms with Gasteiger partial charge in [-0.25, -0.2) is 4.79 Å². The van der Waals surface area contributed by atoms with Crippen LogP contribution >= 0.6 is 11.3 Å². The number of hydrogen-bond acceptors (Lipinski definition) is 7. The van der Waals surface area contributed by atoms with Gasteiger partial charge < -0.3 is 15.0 Å². The van der Waals surface area contributed by atoms with Crippen LogP contribution in [0, 0.1) is 0 Å². The normalized spacial score (nSPS) is 16.0. The predicted molar refractivity (Wildman–Crippen MR) is 150 cm³/mol. The molecule has 4 aromatic rings. The van der Waals surface area contributed by atoms with Crippen molar-refractivity contribution in [1.82, 2.24) is 4.98 Å². The molecule has 6 rings (SSSR count). The van der Waals surface area contributed by atoms with Gasteiger partial charge in [-0.3, -0.25) is 19.6 Å². The van der Waals surface area contributed by atoms with E-state index in [-0.39, 0.29) is 11.8 Å². The lowest BCUT2D eigenvalue weighted by atomic mass is 9.90. The van der Waals surface area contributed by atoms with E-state index in [4.69, 9.17) is 9.73 Å². The summed E-state index contributed by atoms with van der Waals surface area (Å²) in [6, 6.07) is 20.5. The molecule has 2 aliphatic rings. The first-order valence-corrected chi connectivity index (χ1v) is 13.4. The van der Waals surface area contributed by atoms with Crippen molar-refractivity contribution < 1.29 is 19.1 Å². The SMILES string of the molecule is COC(=O)c1ccc2c(c1)NC(=O)C2C(=Nc1ccc2c(c1)CCN2C(=O)Cc1cncs1)c1ccccc1. The minimum atomic E-state index is -0.653. The van der Waals surface area contributed by atoms with Crippen molar-refractivity contribution in [1.29, 1.82) is 0 Å². The Morgan fingerprint density at radius 3 is 2.72 bits per heavy atom. The molecule has 2 aliphatic heterocycles. The molecule has 0 radical (unpaired) electrons. The van der Waals surface area contributed by atoms with Crippen LogP contribution in [0.2, 0.25) is 0 Å². The quantitative estimate of drug-likeness (QED) is 0.279. The fourth-order valence-electron chi connectivity index (χ4n) is 5.11. The lowest BCUT2D eigenvalue weighted by Crippen LogP contribution is -2.30. The number of amides is 2. The van der Waals surface area contributed by atoms with Gasteiger partial charge in [0.1, 0.15) is 5.92 Å². The average Bonchev–Trinajstić information content (AvgIpc) is 3.69. The molecule has 194 valence electrons. The molecule has 1 N–H and O–H groups in total. The minimum absolute atomic E-state index is 0.0461. The summed E-state index contributed by atoms with van der Waals surface area (Å²) in [4.78, 5) is 50.0. The number of carbonyl (C=O) groups is 3. The Morgan fingerprint density at radius 1 is 1.10 bits per heavy atom. The van der Waals surface area contributed by atoms with Gasteiger partial charge in [0.2, 0.25) is 11.8 Å². The summed E-state index contributed by atoms with van der Waals surface area (Å²) >= 11 is 1.48. The highest BCUT2D eigenvalue weighted by Gasteiger charge is 2.36. The zero-order valence-electron chi connectivity index (χ0n) is 21.1. The van der Waals surface area contributed by atoms with E-state index in [0.29, 0.717) is 35.6 Å². The maximum atomic E-state index is 13.3. The van der Waals surface area contributed by atoms with Gasteiger partial charge in [-0.15, -0.1) is 11.3 Å². The van der Waals surface area contributed by atoms with E-state index in [9.17, 15) is 14.4 Å². The van der Waals surface area contributed by atoms with Gasteiger partial charge in [0, 0.05) is 29.0 Å². The third-order valence-corrected chi connectivity index (χ3v) is 7.75. The van der Waals surface area contributed by atoms with Crippen molar-refractivity contribution in [3.63, 3.8) is 0 Å². The van der Waals surface area contributed by atoms with E-state index in [1.165, 1.54) is 18.4 Å². The molecule has 0 spiro atoms. The largest absolute Gasteiger partial charge is 0.465 e. The summed E-state index contributed by atoms with van der Waals surface area (Å²) in [5.41, 5.74) is 7.48. The molecule has 1 aromatic heterocycles. The predicted octanol–water partition coefficient (Wildman–Crippen LogP) is 4.92. The number of anilines is 2. The third-order valence-electron chi connectivity index (χ3n) is 6.97. The molecule has 3 heterocycles. The summed E-state index contributed by atoms with van der Waals surface area (Å²) < 4.78 is 4.83. The van der Waals surface area contributed by atoms with E-state index in [1.54, 1.807) is 29.9 Å². The van der Waals surface area contributed by atoms with Crippen LogP contribution in [0.1, 0.15) is 37.8 Å². The second kappa shape index (κ2) is 10.3. The Balaban J connectivity index is 1.35.